The van der Waals surface area contributed by atoms with Crippen molar-refractivity contribution in [1.82, 2.24) is 9.55 Å². The minimum Gasteiger partial charge on any atom is -0.374 e. The first-order chi connectivity index (χ1) is 8.48. The molecule has 0 bridgehead atoms. The maximum atomic E-state index is 5.68. The van der Waals surface area contributed by atoms with E-state index in [1.54, 1.807) is 0 Å². The molecule has 0 aliphatic heterocycles. The molecular formula is C14H27N3O. The molecule has 0 unspecified atom stereocenters. The van der Waals surface area contributed by atoms with Gasteiger partial charge in [-0.15, -0.1) is 0 Å². The Labute approximate surface area is 111 Å². The smallest absolute Gasteiger partial charge is 0.203 e. The number of hydrogen-bond donors (Lipinski definition) is 1. The van der Waals surface area contributed by atoms with Crippen molar-refractivity contribution in [2.24, 2.45) is 0 Å². The molecule has 0 aliphatic rings. The summed E-state index contributed by atoms with van der Waals surface area (Å²) < 4.78 is 7.87. The summed E-state index contributed by atoms with van der Waals surface area (Å²) in [4.78, 5) is 4.52. The number of imidazole rings is 1. The first-order valence-electron chi connectivity index (χ1n) is 6.90. The predicted octanol–water partition coefficient (Wildman–Crippen LogP) is 3.22. The largest absolute Gasteiger partial charge is 0.374 e. The number of aromatic nitrogens is 2. The fraction of sp³-hybridized carbons (Fsp3) is 0.786. The molecule has 0 fully saturated rings. The van der Waals surface area contributed by atoms with Crippen molar-refractivity contribution in [2.75, 3.05) is 18.5 Å². The van der Waals surface area contributed by atoms with Crippen molar-refractivity contribution in [3.63, 3.8) is 0 Å². The molecule has 0 aromatic carbocycles. The summed E-state index contributed by atoms with van der Waals surface area (Å²) in [6.07, 6.45) is 4.48. The van der Waals surface area contributed by atoms with Gasteiger partial charge in [-0.2, -0.15) is 0 Å². The SMILES string of the molecule is CCCCn1cc(C)nc1NCC(C)(C)OCC. The molecular weight excluding hydrogens is 226 g/mol. The first kappa shape index (κ1) is 15.0. The first-order valence-corrected chi connectivity index (χ1v) is 6.90. The molecule has 0 saturated heterocycles. The number of ether oxygens (including phenoxy) is 1. The Bertz CT molecular complexity index is 358. The van der Waals surface area contributed by atoms with Crippen LogP contribution in [0.5, 0.6) is 0 Å². The van der Waals surface area contributed by atoms with Crippen LogP contribution in [-0.4, -0.2) is 28.3 Å². The van der Waals surface area contributed by atoms with E-state index in [-0.39, 0.29) is 5.60 Å². The molecule has 4 heteroatoms. The summed E-state index contributed by atoms with van der Waals surface area (Å²) >= 11 is 0. The molecule has 1 aromatic rings. The van der Waals surface area contributed by atoms with Crippen LogP contribution >= 0.6 is 0 Å². The van der Waals surface area contributed by atoms with Crippen molar-refractivity contribution in [2.45, 2.75) is 59.6 Å². The fourth-order valence-electron chi connectivity index (χ4n) is 1.92. The van der Waals surface area contributed by atoms with Gasteiger partial charge in [0.1, 0.15) is 0 Å². The third-order valence-electron chi connectivity index (χ3n) is 2.86. The van der Waals surface area contributed by atoms with Crippen LogP contribution in [0, 0.1) is 6.92 Å². The molecule has 1 heterocycles. The topological polar surface area (TPSA) is 39.1 Å². The number of nitrogens with one attached hydrogen (secondary N) is 1. The monoisotopic (exact) mass is 253 g/mol. The van der Waals surface area contributed by atoms with Crippen LogP contribution in [0.1, 0.15) is 46.2 Å². The molecule has 104 valence electrons. The van der Waals surface area contributed by atoms with E-state index in [0.29, 0.717) is 0 Å². The second-order valence-electron chi connectivity index (χ2n) is 5.30. The van der Waals surface area contributed by atoms with Crippen molar-refractivity contribution in [3.8, 4) is 0 Å². The van der Waals surface area contributed by atoms with Crippen LogP contribution < -0.4 is 5.32 Å². The van der Waals surface area contributed by atoms with Gasteiger partial charge in [0.05, 0.1) is 11.3 Å². The summed E-state index contributed by atoms with van der Waals surface area (Å²) in [5.74, 6) is 0.953. The van der Waals surface area contributed by atoms with E-state index >= 15 is 0 Å². The zero-order valence-electron chi connectivity index (χ0n) is 12.4. The number of anilines is 1. The van der Waals surface area contributed by atoms with Crippen molar-refractivity contribution < 1.29 is 4.74 Å². The van der Waals surface area contributed by atoms with Gasteiger partial charge in [-0.1, -0.05) is 13.3 Å². The maximum Gasteiger partial charge on any atom is 0.203 e. The Morgan fingerprint density at radius 2 is 2.11 bits per heavy atom. The predicted molar refractivity (Wildman–Crippen MR) is 76.1 cm³/mol. The minimum atomic E-state index is -0.163. The van der Waals surface area contributed by atoms with Crippen LogP contribution in [0.25, 0.3) is 0 Å². The lowest BCUT2D eigenvalue weighted by Crippen LogP contribution is -2.34. The number of hydrogen-bond acceptors (Lipinski definition) is 3. The molecule has 1 aromatic heterocycles. The lowest BCUT2D eigenvalue weighted by Gasteiger charge is -2.25. The summed E-state index contributed by atoms with van der Waals surface area (Å²) in [6, 6.07) is 0. The lowest BCUT2D eigenvalue weighted by molar-refractivity contribution is 0.000540. The second-order valence-corrected chi connectivity index (χ2v) is 5.30. The van der Waals surface area contributed by atoms with Gasteiger partial charge in [0.2, 0.25) is 5.95 Å². The van der Waals surface area contributed by atoms with Crippen molar-refractivity contribution in [1.29, 1.82) is 0 Å². The molecule has 0 aliphatic carbocycles. The Balaban J connectivity index is 2.60. The highest BCUT2D eigenvalue weighted by atomic mass is 16.5. The molecule has 0 amide bonds. The van der Waals surface area contributed by atoms with Gasteiger partial charge in [0, 0.05) is 25.9 Å². The summed E-state index contributed by atoms with van der Waals surface area (Å²) in [6.45, 7) is 13.0. The standard InChI is InChI=1S/C14H27N3O/c1-6-8-9-17-10-12(3)16-13(17)15-11-14(4,5)18-7-2/h10H,6-9,11H2,1-5H3,(H,15,16). The van der Waals surface area contributed by atoms with Gasteiger partial charge < -0.3 is 14.6 Å². The molecule has 18 heavy (non-hydrogen) atoms. The molecule has 1 N–H and O–H groups in total. The molecule has 0 saturated carbocycles. The molecule has 0 spiro atoms. The van der Waals surface area contributed by atoms with Gasteiger partial charge in [-0.25, -0.2) is 4.98 Å². The van der Waals surface area contributed by atoms with Crippen LogP contribution in [0.4, 0.5) is 5.95 Å². The highest BCUT2D eigenvalue weighted by molar-refractivity contribution is 5.29. The van der Waals surface area contributed by atoms with Crippen molar-refractivity contribution in [3.05, 3.63) is 11.9 Å². The molecule has 4 nitrogen and oxygen atoms in total. The van der Waals surface area contributed by atoms with Gasteiger partial charge in [0.25, 0.3) is 0 Å². The van der Waals surface area contributed by atoms with E-state index in [0.717, 1.165) is 31.3 Å². The van der Waals surface area contributed by atoms with Gasteiger partial charge in [0.15, 0.2) is 0 Å². The second kappa shape index (κ2) is 6.78. The van der Waals surface area contributed by atoms with E-state index in [2.05, 4.69) is 41.8 Å². The van der Waals surface area contributed by atoms with E-state index in [1.807, 2.05) is 13.8 Å². The Morgan fingerprint density at radius 3 is 2.72 bits per heavy atom. The summed E-state index contributed by atoms with van der Waals surface area (Å²) in [5, 5.41) is 3.39. The van der Waals surface area contributed by atoms with Gasteiger partial charge >= 0.3 is 0 Å². The fourth-order valence-corrected chi connectivity index (χ4v) is 1.92. The summed E-state index contributed by atoms with van der Waals surface area (Å²) in [7, 11) is 0. The maximum absolute atomic E-state index is 5.68. The number of rotatable bonds is 8. The Morgan fingerprint density at radius 1 is 1.39 bits per heavy atom. The van der Waals surface area contributed by atoms with Crippen LogP contribution in [0.15, 0.2) is 6.20 Å². The normalized spacial score (nSPS) is 11.8. The van der Waals surface area contributed by atoms with E-state index in [1.165, 1.54) is 12.8 Å². The lowest BCUT2D eigenvalue weighted by atomic mass is 10.1. The van der Waals surface area contributed by atoms with Crippen LogP contribution in [0.2, 0.25) is 0 Å². The quantitative estimate of drug-likeness (QED) is 0.773. The number of aryl methyl sites for hydroxylation is 2. The number of nitrogens with zero attached hydrogens (tertiary/aromatic N) is 2. The van der Waals surface area contributed by atoms with Gasteiger partial charge in [-0.3, -0.25) is 0 Å². The van der Waals surface area contributed by atoms with Crippen LogP contribution in [0.3, 0.4) is 0 Å². The van der Waals surface area contributed by atoms with E-state index in [9.17, 15) is 0 Å². The average molecular weight is 253 g/mol. The average Bonchev–Trinajstić information content (AvgIpc) is 2.64. The molecule has 0 atom stereocenters. The third kappa shape index (κ3) is 4.69. The highest BCUT2D eigenvalue weighted by Gasteiger charge is 2.18. The van der Waals surface area contributed by atoms with E-state index in [4.69, 9.17) is 4.74 Å². The van der Waals surface area contributed by atoms with Crippen LogP contribution in [-0.2, 0) is 11.3 Å². The minimum absolute atomic E-state index is 0.163. The Kier molecular flexibility index (Phi) is 5.66. The van der Waals surface area contributed by atoms with E-state index < -0.39 is 0 Å². The highest BCUT2D eigenvalue weighted by Crippen LogP contribution is 2.14. The third-order valence-corrected chi connectivity index (χ3v) is 2.86. The Hall–Kier alpha value is -1.03. The number of unbranched alkanes of at least 4 members (excludes halogenated alkanes) is 1. The van der Waals surface area contributed by atoms with Crippen molar-refractivity contribution >= 4 is 5.95 Å². The zero-order chi connectivity index (χ0) is 13.6. The summed E-state index contributed by atoms with van der Waals surface area (Å²) in [5.41, 5.74) is 0.896. The molecule has 0 radical (unpaired) electrons. The molecule has 1 rings (SSSR count). The van der Waals surface area contributed by atoms with Gasteiger partial charge in [-0.05, 0) is 34.1 Å². The zero-order valence-corrected chi connectivity index (χ0v) is 12.4.